The van der Waals surface area contributed by atoms with E-state index in [-0.39, 0.29) is 18.5 Å². The van der Waals surface area contributed by atoms with Crippen LogP contribution in [0.1, 0.15) is 29.6 Å². The lowest BCUT2D eigenvalue weighted by molar-refractivity contribution is -0.124. The van der Waals surface area contributed by atoms with Gasteiger partial charge in [0.05, 0.1) is 6.54 Å². The molecular formula is C18H21N4O3. The number of nitrogens with two attached hydrogens (primary N) is 1. The molecule has 131 valence electrons. The van der Waals surface area contributed by atoms with Crippen LogP contribution in [0, 0.1) is 6.42 Å². The summed E-state index contributed by atoms with van der Waals surface area (Å²) in [6.07, 6.45) is 4.60. The van der Waals surface area contributed by atoms with Crippen molar-refractivity contribution in [2.45, 2.75) is 24.8 Å². The highest BCUT2D eigenvalue weighted by Gasteiger charge is 2.56. The van der Waals surface area contributed by atoms with E-state index < -0.39 is 11.4 Å². The van der Waals surface area contributed by atoms with Crippen molar-refractivity contribution in [1.82, 2.24) is 9.80 Å². The molecule has 3 aliphatic heterocycles. The molecule has 7 nitrogen and oxygen atoms in total. The number of urea groups is 1. The maximum atomic E-state index is 12.7. The number of benzene rings is 1. The molecule has 4 rings (SSSR count). The maximum Gasteiger partial charge on any atom is 0.325 e. The summed E-state index contributed by atoms with van der Waals surface area (Å²) in [4.78, 5) is 42.0. The Morgan fingerprint density at radius 3 is 2.32 bits per heavy atom. The molecule has 3 fully saturated rings. The van der Waals surface area contributed by atoms with Gasteiger partial charge in [-0.15, -0.1) is 0 Å². The number of nitrogens with zero attached hydrogens (tertiary/aromatic N) is 3. The van der Waals surface area contributed by atoms with E-state index in [1.54, 1.807) is 34.1 Å². The molecular weight excluding hydrogens is 320 g/mol. The summed E-state index contributed by atoms with van der Waals surface area (Å²) in [6.45, 7) is 2.33. The van der Waals surface area contributed by atoms with Crippen LogP contribution in [0.5, 0.6) is 0 Å². The lowest BCUT2D eigenvalue weighted by Crippen LogP contribution is -2.53. The standard InChI is InChI=1S/C18H21N4O3/c19-16(24)18-8-3-11-22(18)17(25)21(12-18)14-6-4-13(5-7-14)15(23)20-9-1-2-10-20/h4-8H,1-3,9-12H2,(H2,19,24)/t18-/m1/s1. The lowest BCUT2D eigenvalue weighted by Gasteiger charge is -2.25. The van der Waals surface area contributed by atoms with E-state index >= 15 is 0 Å². The Morgan fingerprint density at radius 1 is 1.04 bits per heavy atom. The molecule has 0 saturated carbocycles. The predicted molar refractivity (Wildman–Crippen MR) is 91.9 cm³/mol. The van der Waals surface area contributed by atoms with Gasteiger partial charge in [-0.3, -0.25) is 14.5 Å². The summed E-state index contributed by atoms with van der Waals surface area (Å²) < 4.78 is 0. The van der Waals surface area contributed by atoms with Crippen LogP contribution in [0.3, 0.4) is 0 Å². The van der Waals surface area contributed by atoms with Crippen LogP contribution in [0.15, 0.2) is 24.3 Å². The van der Waals surface area contributed by atoms with E-state index in [4.69, 9.17) is 5.73 Å². The Hall–Kier alpha value is -2.57. The molecule has 0 aliphatic carbocycles. The highest BCUT2D eigenvalue weighted by Crippen LogP contribution is 2.38. The molecule has 4 amide bonds. The highest BCUT2D eigenvalue weighted by molar-refractivity contribution is 6.04. The minimum absolute atomic E-state index is 0.0272. The molecule has 1 aromatic carbocycles. The van der Waals surface area contributed by atoms with E-state index in [1.807, 2.05) is 11.3 Å². The molecule has 1 radical (unpaired) electrons. The van der Waals surface area contributed by atoms with Crippen molar-refractivity contribution >= 4 is 23.5 Å². The van der Waals surface area contributed by atoms with Gasteiger partial charge in [0.1, 0.15) is 5.54 Å². The van der Waals surface area contributed by atoms with Gasteiger partial charge in [0, 0.05) is 37.3 Å². The van der Waals surface area contributed by atoms with Gasteiger partial charge in [-0.1, -0.05) is 0 Å². The van der Waals surface area contributed by atoms with Crippen LogP contribution in [-0.4, -0.2) is 59.4 Å². The minimum Gasteiger partial charge on any atom is -0.368 e. The van der Waals surface area contributed by atoms with Crippen LogP contribution in [0.25, 0.3) is 0 Å². The van der Waals surface area contributed by atoms with Crippen LogP contribution < -0.4 is 10.6 Å². The van der Waals surface area contributed by atoms with Crippen molar-refractivity contribution in [3.05, 3.63) is 36.2 Å². The Balaban J connectivity index is 1.55. The summed E-state index contributed by atoms with van der Waals surface area (Å²) in [6, 6.07) is 6.79. The number of primary amides is 1. The summed E-state index contributed by atoms with van der Waals surface area (Å²) in [5.41, 5.74) is 5.85. The second-order valence-corrected chi connectivity index (χ2v) is 6.85. The number of anilines is 1. The maximum absolute atomic E-state index is 12.7. The molecule has 3 saturated heterocycles. The second kappa shape index (κ2) is 5.75. The van der Waals surface area contributed by atoms with Crippen molar-refractivity contribution in [1.29, 1.82) is 0 Å². The van der Waals surface area contributed by atoms with Crippen molar-refractivity contribution in [3.63, 3.8) is 0 Å². The third-order valence-electron chi connectivity index (χ3n) is 5.42. The summed E-state index contributed by atoms with van der Waals surface area (Å²) in [5, 5.41) is 0. The Kier molecular flexibility index (Phi) is 3.67. The van der Waals surface area contributed by atoms with Gasteiger partial charge in [-0.05, 0) is 43.5 Å². The van der Waals surface area contributed by atoms with Crippen LogP contribution in [0.4, 0.5) is 10.5 Å². The molecule has 3 aliphatic rings. The fourth-order valence-corrected chi connectivity index (χ4v) is 4.01. The smallest absolute Gasteiger partial charge is 0.325 e. The fraction of sp³-hybridized carbons (Fsp3) is 0.444. The Labute approximate surface area is 146 Å². The predicted octanol–water partition coefficient (Wildman–Crippen LogP) is 0.997. The fourth-order valence-electron chi connectivity index (χ4n) is 4.01. The first kappa shape index (κ1) is 15.9. The van der Waals surface area contributed by atoms with E-state index in [1.165, 1.54) is 0 Å². The molecule has 0 spiro atoms. The first-order valence-corrected chi connectivity index (χ1v) is 8.66. The molecule has 3 heterocycles. The van der Waals surface area contributed by atoms with Gasteiger partial charge in [0.25, 0.3) is 5.91 Å². The molecule has 0 aromatic heterocycles. The van der Waals surface area contributed by atoms with Crippen molar-refractivity contribution < 1.29 is 14.4 Å². The molecule has 7 heteroatoms. The van der Waals surface area contributed by atoms with Gasteiger partial charge >= 0.3 is 6.03 Å². The van der Waals surface area contributed by atoms with Gasteiger partial charge < -0.3 is 15.5 Å². The summed E-state index contributed by atoms with van der Waals surface area (Å²) in [7, 11) is 0. The third kappa shape index (κ3) is 2.37. The second-order valence-electron chi connectivity index (χ2n) is 6.85. The van der Waals surface area contributed by atoms with Crippen molar-refractivity contribution in [2.24, 2.45) is 5.73 Å². The molecule has 1 aromatic rings. The number of amides is 4. The van der Waals surface area contributed by atoms with Crippen molar-refractivity contribution in [3.8, 4) is 0 Å². The van der Waals surface area contributed by atoms with Crippen LogP contribution in [-0.2, 0) is 4.79 Å². The van der Waals surface area contributed by atoms with Gasteiger partial charge in [-0.25, -0.2) is 4.79 Å². The SMILES string of the molecule is NC(=O)[C@]12[CH]CCN1C(=O)N(c1ccc(C(=O)N3CCCC3)cc1)C2. The Bertz CT molecular complexity index is 726. The zero-order valence-electron chi connectivity index (χ0n) is 14.0. The largest absolute Gasteiger partial charge is 0.368 e. The highest BCUT2D eigenvalue weighted by atomic mass is 16.2. The average Bonchev–Trinajstić information content (AvgIpc) is 3.32. The van der Waals surface area contributed by atoms with E-state index in [9.17, 15) is 14.4 Å². The molecule has 1 atom stereocenters. The number of carbonyl (C=O) groups excluding carboxylic acids is 3. The van der Waals surface area contributed by atoms with Crippen LogP contribution in [0.2, 0.25) is 0 Å². The lowest BCUT2D eigenvalue weighted by atomic mass is 9.96. The topological polar surface area (TPSA) is 87.0 Å². The van der Waals surface area contributed by atoms with E-state index in [0.717, 1.165) is 25.9 Å². The minimum atomic E-state index is -1.01. The number of rotatable bonds is 3. The quantitative estimate of drug-likeness (QED) is 0.890. The van der Waals surface area contributed by atoms with Gasteiger partial charge in [0.15, 0.2) is 0 Å². The molecule has 0 bridgehead atoms. The first-order chi connectivity index (χ1) is 12.0. The zero-order valence-corrected chi connectivity index (χ0v) is 14.0. The Morgan fingerprint density at radius 2 is 1.72 bits per heavy atom. The zero-order chi connectivity index (χ0) is 17.6. The average molecular weight is 341 g/mol. The molecule has 25 heavy (non-hydrogen) atoms. The summed E-state index contributed by atoms with van der Waals surface area (Å²) in [5.74, 6) is -0.471. The van der Waals surface area contributed by atoms with E-state index in [0.29, 0.717) is 24.2 Å². The number of carbonyl (C=O) groups is 3. The normalized spacial score (nSPS) is 25.6. The number of hydrogen-bond acceptors (Lipinski definition) is 3. The third-order valence-corrected chi connectivity index (χ3v) is 5.42. The first-order valence-electron chi connectivity index (χ1n) is 8.66. The number of hydrogen-bond donors (Lipinski definition) is 1. The summed E-state index contributed by atoms with van der Waals surface area (Å²) >= 11 is 0. The van der Waals surface area contributed by atoms with E-state index in [2.05, 4.69) is 0 Å². The monoisotopic (exact) mass is 341 g/mol. The van der Waals surface area contributed by atoms with Crippen LogP contribution >= 0.6 is 0 Å². The molecule has 2 N–H and O–H groups in total. The van der Waals surface area contributed by atoms with Gasteiger partial charge in [-0.2, -0.15) is 0 Å². The van der Waals surface area contributed by atoms with Crippen molar-refractivity contribution in [2.75, 3.05) is 31.1 Å². The number of fused-ring (bicyclic) bond motifs is 1. The number of likely N-dealkylation sites (tertiary alicyclic amines) is 1. The molecule has 0 unspecified atom stereocenters. The van der Waals surface area contributed by atoms with Gasteiger partial charge in [0.2, 0.25) is 5.91 Å².